The summed E-state index contributed by atoms with van der Waals surface area (Å²) in [5.41, 5.74) is 6.28. The quantitative estimate of drug-likeness (QED) is 0.744. The molecule has 20 heavy (non-hydrogen) atoms. The van der Waals surface area contributed by atoms with Crippen molar-refractivity contribution in [1.82, 2.24) is 14.6 Å². The molecule has 0 saturated heterocycles. The van der Waals surface area contributed by atoms with E-state index in [-0.39, 0.29) is 5.82 Å². The fraction of sp³-hybridized carbons (Fsp3) is 0.0769. The van der Waals surface area contributed by atoms with Gasteiger partial charge in [-0.15, -0.1) is 0 Å². The summed E-state index contributed by atoms with van der Waals surface area (Å²) in [4.78, 5) is 4.05. The maximum atomic E-state index is 12.8. The van der Waals surface area contributed by atoms with Crippen molar-refractivity contribution in [3.8, 4) is 11.3 Å². The van der Waals surface area contributed by atoms with Gasteiger partial charge in [-0.05, 0) is 12.1 Å². The lowest BCUT2D eigenvalue weighted by atomic mass is 10.1. The van der Waals surface area contributed by atoms with Gasteiger partial charge in [0, 0.05) is 17.7 Å². The highest BCUT2D eigenvalue weighted by Crippen LogP contribution is 2.32. The average Bonchev–Trinajstić information content (AvgIpc) is 2.85. The number of alkyl halides is 3. The molecule has 3 aromatic rings. The van der Waals surface area contributed by atoms with Gasteiger partial charge in [0.05, 0.1) is 17.5 Å². The highest BCUT2D eigenvalue weighted by Gasteiger charge is 2.30. The number of hydrogen-bond donors (Lipinski definition) is 1. The Hall–Kier alpha value is -2.57. The number of aromatic nitrogens is 3. The summed E-state index contributed by atoms with van der Waals surface area (Å²) in [7, 11) is 0. The molecule has 0 bridgehead atoms. The highest BCUT2D eigenvalue weighted by atomic mass is 19.4. The summed E-state index contributed by atoms with van der Waals surface area (Å²) in [6, 6.07) is 8.14. The summed E-state index contributed by atoms with van der Waals surface area (Å²) in [6.45, 7) is 0. The number of fused-ring (bicyclic) bond motifs is 1. The summed E-state index contributed by atoms with van der Waals surface area (Å²) in [5, 5.41) is 4.05. The molecule has 0 radical (unpaired) electrons. The van der Waals surface area contributed by atoms with Crippen molar-refractivity contribution >= 4 is 11.5 Å². The summed E-state index contributed by atoms with van der Waals surface area (Å²) in [5.74, 6) is 0.227. The van der Waals surface area contributed by atoms with E-state index < -0.39 is 11.7 Å². The van der Waals surface area contributed by atoms with Crippen LogP contribution in [0.2, 0.25) is 0 Å². The zero-order valence-electron chi connectivity index (χ0n) is 10.1. The molecule has 1 aromatic carbocycles. The number of benzene rings is 1. The monoisotopic (exact) mass is 278 g/mol. The lowest BCUT2D eigenvalue weighted by Crippen LogP contribution is -2.05. The Bertz CT molecular complexity index is 777. The molecular formula is C13H9F3N4. The van der Waals surface area contributed by atoms with Crippen LogP contribution in [-0.4, -0.2) is 14.6 Å². The summed E-state index contributed by atoms with van der Waals surface area (Å²) >= 11 is 0. The molecule has 0 saturated carbocycles. The van der Waals surface area contributed by atoms with E-state index in [1.807, 2.05) is 0 Å². The van der Waals surface area contributed by atoms with Gasteiger partial charge in [-0.2, -0.15) is 18.3 Å². The third-order valence-electron chi connectivity index (χ3n) is 2.86. The topological polar surface area (TPSA) is 56.2 Å². The van der Waals surface area contributed by atoms with Gasteiger partial charge < -0.3 is 5.73 Å². The summed E-state index contributed by atoms with van der Waals surface area (Å²) in [6.07, 6.45) is -2.88. The van der Waals surface area contributed by atoms with E-state index in [1.54, 1.807) is 12.1 Å². The molecule has 3 rings (SSSR count). The van der Waals surface area contributed by atoms with Crippen LogP contribution in [0.1, 0.15) is 5.56 Å². The average molecular weight is 278 g/mol. The number of rotatable bonds is 1. The van der Waals surface area contributed by atoms with Crippen molar-refractivity contribution in [2.24, 2.45) is 0 Å². The first kappa shape index (κ1) is 12.5. The van der Waals surface area contributed by atoms with Gasteiger partial charge in [-0.25, -0.2) is 9.50 Å². The minimum atomic E-state index is -4.39. The molecule has 0 fully saturated rings. The molecule has 4 nitrogen and oxygen atoms in total. The highest BCUT2D eigenvalue weighted by molar-refractivity contribution is 5.66. The normalized spacial score (nSPS) is 11.9. The molecule has 7 heteroatoms. The second-order valence-electron chi connectivity index (χ2n) is 4.25. The van der Waals surface area contributed by atoms with E-state index in [0.29, 0.717) is 16.9 Å². The van der Waals surface area contributed by atoms with E-state index in [1.165, 1.54) is 22.8 Å². The number of nitrogens with zero attached hydrogens (tertiary/aromatic N) is 3. The molecule has 102 valence electrons. The SMILES string of the molecule is Nc1cc(-c2cccc(C(F)(F)F)c2)n2nccc2n1. The number of nitrogen functional groups attached to an aromatic ring is 1. The third-order valence-corrected chi connectivity index (χ3v) is 2.86. The molecule has 0 amide bonds. The Morgan fingerprint density at radius 2 is 1.90 bits per heavy atom. The second-order valence-corrected chi connectivity index (χ2v) is 4.25. The smallest absolute Gasteiger partial charge is 0.384 e. The number of anilines is 1. The van der Waals surface area contributed by atoms with Gasteiger partial charge in [0.25, 0.3) is 0 Å². The first-order valence-electron chi connectivity index (χ1n) is 5.73. The second kappa shape index (κ2) is 4.22. The minimum absolute atomic E-state index is 0.227. The first-order chi connectivity index (χ1) is 9.45. The van der Waals surface area contributed by atoms with Gasteiger partial charge in [-0.3, -0.25) is 0 Å². The van der Waals surface area contributed by atoms with E-state index in [2.05, 4.69) is 10.1 Å². The van der Waals surface area contributed by atoms with Crippen LogP contribution < -0.4 is 5.73 Å². The molecule has 0 atom stereocenters. The van der Waals surface area contributed by atoms with E-state index in [9.17, 15) is 13.2 Å². The standard InChI is InChI=1S/C13H9F3N4/c14-13(15,16)9-3-1-2-8(6-9)10-7-11(17)19-12-4-5-18-20(10)12/h1-7H,(H2,17,19). The van der Waals surface area contributed by atoms with Crippen LogP contribution in [0.5, 0.6) is 0 Å². The van der Waals surface area contributed by atoms with Gasteiger partial charge in [0.15, 0.2) is 5.65 Å². The molecule has 0 aliphatic rings. The molecule has 0 spiro atoms. The Morgan fingerprint density at radius 1 is 1.10 bits per heavy atom. The first-order valence-corrected chi connectivity index (χ1v) is 5.73. The number of nitrogens with two attached hydrogens (primary N) is 1. The maximum absolute atomic E-state index is 12.8. The molecule has 2 aromatic heterocycles. The van der Waals surface area contributed by atoms with Crippen molar-refractivity contribution in [2.45, 2.75) is 6.18 Å². The van der Waals surface area contributed by atoms with Gasteiger partial charge in [0.1, 0.15) is 5.82 Å². The van der Waals surface area contributed by atoms with E-state index >= 15 is 0 Å². The van der Waals surface area contributed by atoms with Crippen LogP contribution >= 0.6 is 0 Å². The van der Waals surface area contributed by atoms with Crippen LogP contribution in [0.25, 0.3) is 16.9 Å². The summed E-state index contributed by atoms with van der Waals surface area (Å²) < 4.78 is 39.7. The molecule has 2 heterocycles. The molecular weight excluding hydrogens is 269 g/mol. The van der Waals surface area contributed by atoms with Crippen LogP contribution in [0.4, 0.5) is 19.0 Å². The largest absolute Gasteiger partial charge is 0.416 e. The fourth-order valence-electron chi connectivity index (χ4n) is 1.99. The van der Waals surface area contributed by atoms with Crippen molar-refractivity contribution in [3.05, 3.63) is 48.2 Å². The van der Waals surface area contributed by atoms with Crippen molar-refractivity contribution in [2.75, 3.05) is 5.73 Å². The van der Waals surface area contributed by atoms with Crippen LogP contribution in [-0.2, 0) is 6.18 Å². The number of hydrogen-bond acceptors (Lipinski definition) is 3. The lowest BCUT2D eigenvalue weighted by Gasteiger charge is -2.10. The van der Waals surface area contributed by atoms with Crippen molar-refractivity contribution in [3.63, 3.8) is 0 Å². The Labute approximate surface area is 111 Å². The lowest BCUT2D eigenvalue weighted by molar-refractivity contribution is -0.137. The predicted octanol–water partition coefficient (Wildman–Crippen LogP) is 3.00. The predicted molar refractivity (Wildman–Crippen MR) is 67.8 cm³/mol. The number of halogens is 3. The third kappa shape index (κ3) is 2.07. The van der Waals surface area contributed by atoms with Crippen LogP contribution in [0.3, 0.4) is 0 Å². The van der Waals surface area contributed by atoms with Crippen molar-refractivity contribution < 1.29 is 13.2 Å². The zero-order valence-corrected chi connectivity index (χ0v) is 10.1. The van der Waals surface area contributed by atoms with Crippen molar-refractivity contribution in [1.29, 1.82) is 0 Å². The zero-order chi connectivity index (χ0) is 14.3. The van der Waals surface area contributed by atoms with Crippen LogP contribution in [0.15, 0.2) is 42.6 Å². The van der Waals surface area contributed by atoms with Crippen LogP contribution in [0, 0.1) is 0 Å². The Kier molecular flexibility index (Phi) is 2.63. The Balaban J connectivity index is 2.23. The fourth-order valence-corrected chi connectivity index (χ4v) is 1.99. The minimum Gasteiger partial charge on any atom is -0.384 e. The molecule has 2 N–H and O–H groups in total. The molecule has 0 aliphatic heterocycles. The van der Waals surface area contributed by atoms with Gasteiger partial charge in [0.2, 0.25) is 0 Å². The van der Waals surface area contributed by atoms with E-state index in [4.69, 9.17) is 5.73 Å². The van der Waals surface area contributed by atoms with Gasteiger partial charge >= 0.3 is 6.18 Å². The Morgan fingerprint density at radius 3 is 2.65 bits per heavy atom. The molecule has 0 unspecified atom stereocenters. The maximum Gasteiger partial charge on any atom is 0.416 e. The molecule has 0 aliphatic carbocycles. The van der Waals surface area contributed by atoms with E-state index in [0.717, 1.165) is 12.1 Å². The van der Waals surface area contributed by atoms with Gasteiger partial charge in [-0.1, -0.05) is 12.1 Å².